The number of nitrogens with one attached hydrogen (secondary N) is 1. The summed E-state index contributed by atoms with van der Waals surface area (Å²) in [4.78, 5) is 10.7. The number of aryl methyl sites for hydroxylation is 2. The number of anilines is 2. The van der Waals surface area contributed by atoms with Gasteiger partial charge < -0.3 is 5.32 Å². The highest BCUT2D eigenvalue weighted by Gasteiger charge is 2.15. The van der Waals surface area contributed by atoms with Crippen molar-refractivity contribution in [2.45, 2.75) is 19.3 Å². The summed E-state index contributed by atoms with van der Waals surface area (Å²) in [5, 5.41) is 14.2. The average molecular weight is 333 g/mol. The van der Waals surface area contributed by atoms with Crippen LogP contribution in [-0.2, 0) is 12.8 Å². The lowest BCUT2D eigenvalue weighted by Crippen LogP contribution is -1.97. The van der Waals surface area contributed by atoms with Gasteiger partial charge in [0.2, 0.25) is 0 Å². The molecule has 0 atom stereocenters. The normalized spacial score (nSPS) is 13.1. The molecule has 5 heteroatoms. The summed E-state index contributed by atoms with van der Waals surface area (Å²) in [7, 11) is 0. The van der Waals surface area contributed by atoms with Gasteiger partial charge >= 0.3 is 0 Å². The Bertz CT molecular complexity index is 686. The molecule has 0 heterocycles. The van der Waals surface area contributed by atoms with E-state index < -0.39 is 0 Å². The van der Waals surface area contributed by atoms with Crippen LogP contribution in [0.15, 0.2) is 40.9 Å². The fourth-order valence-electron chi connectivity index (χ4n) is 2.57. The van der Waals surface area contributed by atoms with Crippen LogP contribution in [0.3, 0.4) is 0 Å². The average Bonchev–Trinajstić information content (AvgIpc) is 2.88. The smallest absolute Gasteiger partial charge is 0.293 e. The predicted octanol–water partition coefficient (Wildman–Crippen LogP) is 4.59. The van der Waals surface area contributed by atoms with E-state index in [1.54, 1.807) is 12.1 Å². The Labute approximate surface area is 125 Å². The summed E-state index contributed by atoms with van der Waals surface area (Å²) in [5.41, 5.74) is 4.21. The summed E-state index contributed by atoms with van der Waals surface area (Å²) in [6.45, 7) is 0. The topological polar surface area (TPSA) is 55.2 Å². The summed E-state index contributed by atoms with van der Waals surface area (Å²) in [6.07, 6.45) is 3.42. The first-order valence-electron chi connectivity index (χ1n) is 6.46. The van der Waals surface area contributed by atoms with Gasteiger partial charge in [0.05, 0.1) is 4.92 Å². The number of fused-ring (bicyclic) bond motifs is 1. The molecule has 0 unspecified atom stereocenters. The molecule has 0 fully saturated rings. The molecule has 3 rings (SSSR count). The van der Waals surface area contributed by atoms with Gasteiger partial charge in [-0.2, -0.15) is 0 Å². The van der Waals surface area contributed by atoms with E-state index in [1.165, 1.54) is 23.6 Å². The Hall–Kier alpha value is -1.88. The fourth-order valence-corrected chi connectivity index (χ4v) is 2.92. The molecule has 20 heavy (non-hydrogen) atoms. The molecular formula is C15H13BrN2O2. The highest BCUT2D eigenvalue weighted by molar-refractivity contribution is 9.10. The maximum absolute atomic E-state index is 11.1. The molecule has 0 saturated carbocycles. The molecule has 0 aromatic heterocycles. The number of nitro groups is 1. The monoisotopic (exact) mass is 332 g/mol. The van der Waals surface area contributed by atoms with Crippen LogP contribution in [0.1, 0.15) is 17.5 Å². The maximum Gasteiger partial charge on any atom is 0.293 e. The molecule has 0 saturated heterocycles. The second kappa shape index (κ2) is 5.25. The van der Waals surface area contributed by atoms with Gasteiger partial charge in [0.1, 0.15) is 5.69 Å². The van der Waals surface area contributed by atoms with E-state index in [4.69, 9.17) is 0 Å². The lowest BCUT2D eigenvalue weighted by atomic mass is 10.1. The highest BCUT2D eigenvalue weighted by Crippen LogP contribution is 2.32. The summed E-state index contributed by atoms with van der Waals surface area (Å²) < 4.78 is 0.698. The number of hydrogen-bond donors (Lipinski definition) is 1. The van der Waals surface area contributed by atoms with Crippen molar-refractivity contribution >= 4 is 33.0 Å². The largest absolute Gasteiger partial charge is 0.350 e. The Morgan fingerprint density at radius 1 is 1.10 bits per heavy atom. The molecule has 4 nitrogen and oxygen atoms in total. The SMILES string of the molecule is O=[N+]([O-])c1cc(Br)ccc1Nc1ccc2c(c1)CCC2. The van der Waals surface area contributed by atoms with Crippen molar-refractivity contribution in [3.63, 3.8) is 0 Å². The maximum atomic E-state index is 11.1. The van der Waals surface area contributed by atoms with Crippen molar-refractivity contribution in [1.82, 2.24) is 0 Å². The number of hydrogen-bond acceptors (Lipinski definition) is 3. The lowest BCUT2D eigenvalue weighted by molar-refractivity contribution is -0.384. The quantitative estimate of drug-likeness (QED) is 0.660. The zero-order chi connectivity index (χ0) is 14.1. The number of benzene rings is 2. The molecule has 0 aliphatic heterocycles. The van der Waals surface area contributed by atoms with E-state index in [-0.39, 0.29) is 10.6 Å². The third kappa shape index (κ3) is 2.54. The van der Waals surface area contributed by atoms with Crippen LogP contribution in [0.5, 0.6) is 0 Å². The van der Waals surface area contributed by atoms with E-state index >= 15 is 0 Å². The summed E-state index contributed by atoms with van der Waals surface area (Å²) >= 11 is 3.26. The zero-order valence-electron chi connectivity index (χ0n) is 10.7. The molecule has 2 aromatic rings. The number of halogens is 1. The summed E-state index contributed by atoms with van der Waals surface area (Å²) in [6, 6.07) is 11.2. The molecule has 2 aromatic carbocycles. The molecule has 1 N–H and O–H groups in total. The number of rotatable bonds is 3. The highest BCUT2D eigenvalue weighted by atomic mass is 79.9. The molecular weight excluding hydrogens is 320 g/mol. The number of nitro benzene ring substituents is 1. The Kier molecular flexibility index (Phi) is 3.44. The fraction of sp³-hybridized carbons (Fsp3) is 0.200. The third-order valence-electron chi connectivity index (χ3n) is 3.53. The van der Waals surface area contributed by atoms with Crippen LogP contribution < -0.4 is 5.32 Å². The Balaban J connectivity index is 1.93. The van der Waals surface area contributed by atoms with E-state index in [0.717, 1.165) is 18.5 Å². The van der Waals surface area contributed by atoms with Crippen molar-refractivity contribution < 1.29 is 4.92 Å². The van der Waals surface area contributed by atoms with Gasteiger partial charge in [0, 0.05) is 16.2 Å². The van der Waals surface area contributed by atoms with Gasteiger partial charge in [-0.15, -0.1) is 0 Å². The minimum absolute atomic E-state index is 0.0693. The summed E-state index contributed by atoms with van der Waals surface area (Å²) in [5.74, 6) is 0. The molecule has 0 radical (unpaired) electrons. The van der Waals surface area contributed by atoms with Gasteiger partial charge in [-0.3, -0.25) is 10.1 Å². The van der Waals surface area contributed by atoms with Crippen molar-refractivity contribution in [3.8, 4) is 0 Å². The van der Waals surface area contributed by atoms with E-state index in [0.29, 0.717) is 10.2 Å². The number of nitrogens with zero attached hydrogens (tertiary/aromatic N) is 1. The standard InChI is InChI=1S/C15H13BrN2O2/c16-12-5-7-14(15(9-12)18(19)20)17-13-6-4-10-2-1-3-11(10)8-13/h4-9,17H,1-3H2. The van der Waals surface area contributed by atoms with Gasteiger partial charge in [-0.1, -0.05) is 22.0 Å². The minimum atomic E-state index is -0.375. The zero-order valence-corrected chi connectivity index (χ0v) is 12.3. The third-order valence-corrected chi connectivity index (χ3v) is 4.03. The van der Waals surface area contributed by atoms with Gasteiger partial charge in [0.25, 0.3) is 5.69 Å². The Morgan fingerprint density at radius 3 is 2.70 bits per heavy atom. The minimum Gasteiger partial charge on any atom is -0.350 e. The molecule has 0 spiro atoms. The van der Waals surface area contributed by atoms with Crippen LogP contribution >= 0.6 is 15.9 Å². The second-order valence-electron chi connectivity index (χ2n) is 4.88. The molecule has 102 valence electrons. The lowest BCUT2D eigenvalue weighted by Gasteiger charge is -2.09. The van der Waals surface area contributed by atoms with Crippen LogP contribution in [0, 0.1) is 10.1 Å². The van der Waals surface area contributed by atoms with E-state index in [1.807, 2.05) is 6.07 Å². The van der Waals surface area contributed by atoms with Crippen molar-refractivity contribution in [1.29, 1.82) is 0 Å². The van der Waals surface area contributed by atoms with E-state index in [2.05, 4.69) is 33.4 Å². The molecule has 1 aliphatic rings. The van der Waals surface area contributed by atoms with Crippen molar-refractivity contribution in [2.24, 2.45) is 0 Å². The molecule has 0 bridgehead atoms. The van der Waals surface area contributed by atoms with Crippen LogP contribution in [0.25, 0.3) is 0 Å². The van der Waals surface area contributed by atoms with Gasteiger partial charge in [-0.25, -0.2) is 0 Å². The first kappa shape index (κ1) is 13.1. The first-order valence-corrected chi connectivity index (χ1v) is 7.25. The molecule has 1 aliphatic carbocycles. The van der Waals surface area contributed by atoms with Gasteiger partial charge in [0.15, 0.2) is 0 Å². The van der Waals surface area contributed by atoms with Crippen LogP contribution in [0.2, 0.25) is 0 Å². The van der Waals surface area contributed by atoms with Crippen molar-refractivity contribution in [2.75, 3.05) is 5.32 Å². The predicted molar refractivity (Wildman–Crippen MR) is 82.5 cm³/mol. The van der Waals surface area contributed by atoms with Crippen LogP contribution in [-0.4, -0.2) is 4.92 Å². The Morgan fingerprint density at radius 2 is 1.90 bits per heavy atom. The van der Waals surface area contributed by atoms with Crippen molar-refractivity contribution in [3.05, 3.63) is 62.1 Å². The molecule has 0 amide bonds. The second-order valence-corrected chi connectivity index (χ2v) is 5.80. The first-order chi connectivity index (χ1) is 9.63. The van der Waals surface area contributed by atoms with E-state index in [9.17, 15) is 10.1 Å². The van der Waals surface area contributed by atoms with Crippen LogP contribution in [0.4, 0.5) is 17.1 Å². The van der Waals surface area contributed by atoms with Gasteiger partial charge in [-0.05, 0) is 54.7 Å².